The molecule has 4 aromatic rings. The van der Waals surface area contributed by atoms with E-state index in [1.165, 1.54) is 33.2 Å². The summed E-state index contributed by atoms with van der Waals surface area (Å²) in [6, 6.07) is 22.7. The number of amides is 1. The molecule has 0 bridgehead atoms. The number of aromatic nitrogens is 1. The van der Waals surface area contributed by atoms with Gasteiger partial charge in [0.15, 0.2) is 5.13 Å². The molecule has 0 fully saturated rings. The number of anilines is 2. The normalized spacial score (nSPS) is 10.8. The van der Waals surface area contributed by atoms with E-state index < -0.39 is 0 Å². The van der Waals surface area contributed by atoms with Crippen LogP contribution in [0.25, 0.3) is 10.8 Å². The van der Waals surface area contributed by atoms with Gasteiger partial charge in [-0.2, -0.15) is 0 Å². The molecule has 0 unspecified atom stereocenters. The molecule has 0 aliphatic rings. The fourth-order valence-electron chi connectivity index (χ4n) is 3.10. The van der Waals surface area contributed by atoms with Crippen LogP contribution in [0.2, 0.25) is 0 Å². The molecule has 0 radical (unpaired) electrons. The highest BCUT2D eigenvalue weighted by Crippen LogP contribution is 2.25. The van der Waals surface area contributed by atoms with Gasteiger partial charge in [0.2, 0.25) is 5.91 Å². The maximum atomic E-state index is 12.2. The Labute approximate surface area is 168 Å². The standard InChI is InChI=1S/C23H21N3OS/c1-16-9-11-19(12-10-16)24-15-22(27)26-23-25-14-20(28-23)13-18-7-4-6-17-5-2-3-8-21(17)18/h2-12,14,24H,13,15H2,1H3,(H,25,26,27). The number of nitrogens with one attached hydrogen (secondary N) is 2. The van der Waals surface area contributed by atoms with E-state index in [4.69, 9.17) is 0 Å². The van der Waals surface area contributed by atoms with Crippen molar-refractivity contribution in [1.29, 1.82) is 0 Å². The van der Waals surface area contributed by atoms with E-state index in [2.05, 4.69) is 58.1 Å². The van der Waals surface area contributed by atoms with Crippen molar-refractivity contribution in [3.05, 3.63) is 88.9 Å². The first-order chi connectivity index (χ1) is 13.7. The van der Waals surface area contributed by atoms with Crippen molar-refractivity contribution in [1.82, 2.24) is 4.98 Å². The molecule has 0 saturated heterocycles. The van der Waals surface area contributed by atoms with Gasteiger partial charge in [0.05, 0.1) is 6.54 Å². The first kappa shape index (κ1) is 18.2. The highest BCUT2D eigenvalue weighted by molar-refractivity contribution is 7.15. The number of rotatable bonds is 6. The molecule has 1 amide bonds. The Morgan fingerprint density at radius 2 is 1.79 bits per heavy atom. The first-order valence-corrected chi connectivity index (χ1v) is 10.0. The lowest BCUT2D eigenvalue weighted by Crippen LogP contribution is -2.21. The molecule has 0 saturated carbocycles. The number of carbonyl (C=O) groups excluding carboxylic acids is 1. The quantitative estimate of drug-likeness (QED) is 0.475. The largest absolute Gasteiger partial charge is 0.376 e. The summed E-state index contributed by atoms with van der Waals surface area (Å²) in [6.07, 6.45) is 2.64. The average Bonchev–Trinajstić information content (AvgIpc) is 3.14. The van der Waals surface area contributed by atoms with Crippen LogP contribution < -0.4 is 10.6 Å². The molecule has 28 heavy (non-hydrogen) atoms. The predicted molar refractivity (Wildman–Crippen MR) is 117 cm³/mol. The van der Waals surface area contributed by atoms with E-state index in [0.29, 0.717) is 5.13 Å². The van der Waals surface area contributed by atoms with Crippen LogP contribution in [0.5, 0.6) is 0 Å². The summed E-state index contributed by atoms with van der Waals surface area (Å²) in [7, 11) is 0. The van der Waals surface area contributed by atoms with Crippen LogP contribution in [-0.4, -0.2) is 17.4 Å². The molecule has 5 heteroatoms. The van der Waals surface area contributed by atoms with Gasteiger partial charge < -0.3 is 10.6 Å². The van der Waals surface area contributed by atoms with E-state index in [1.807, 2.05) is 37.4 Å². The first-order valence-electron chi connectivity index (χ1n) is 9.19. The van der Waals surface area contributed by atoms with Crippen molar-refractivity contribution < 1.29 is 4.79 Å². The summed E-state index contributed by atoms with van der Waals surface area (Å²) in [5.74, 6) is -0.105. The summed E-state index contributed by atoms with van der Waals surface area (Å²) in [5.41, 5.74) is 3.38. The smallest absolute Gasteiger partial charge is 0.245 e. The maximum Gasteiger partial charge on any atom is 0.245 e. The molecule has 1 heterocycles. The molecular formula is C23H21N3OS. The predicted octanol–water partition coefficient (Wildman–Crippen LogP) is 5.25. The van der Waals surface area contributed by atoms with Crippen molar-refractivity contribution in [2.45, 2.75) is 13.3 Å². The van der Waals surface area contributed by atoms with Crippen molar-refractivity contribution >= 4 is 38.8 Å². The van der Waals surface area contributed by atoms with Gasteiger partial charge in [0.1, 0.15) is 0 Å². The Bertz CT molecular complexity index is 1100. The maximum absolute atomic E-state index is 12.2. The summed E-state index contributed by atoms with van der Waals surface area (Å²) in [6.45, 7) is 2.25. The lowest BCUT2D eigenvalue weighted by Gasteiger charge is -2.06. The molecule has 0 aliphatic carbocycles. The minimum atomic E-state index is -0.105. The van der Waals surface area contributed by atoms with Gasteiger partial charge in [-0.25, -0.2) is 4.98 Å². The number of carbonyl (C=O) groups is 1. The third-order valence-corrected chi connectivity index (χ3v) is 5.46. The van der Waals surface area contributed by atoms with Crippen molar-refractivity contribution in [2.24, 2.45) is 0 Å². The van der Waals surface area contributed by atoms with Crippen LogP contribution in [0.3, 0.4) is 0 Å². The Kier molecular flexibility index (Phi) is 5.35. The zero-order valence-electron chi connectivity index (χ0n) is 15.6. The van der Waals surface area contributed by atoms with Crippen LogP contribution in [0.1, 0.15) is 16.0 Å². The lowest BCUT2D eigenvalue weighted by molar-refractivity contribution is -0.114. The van der Waals surface area contributed by atoms with Gasteiger partial charge in [0, 0.05) is 23.2 Å². The fourth-order valence-corrected chi connectivity index (χ4v) is 3.95. The number of hydrogen-bond donors (Lipinski definition) is 2. The van der Waals surface area contributed by atoms with Gasteiger partial charge in [-0.3, -0.25) is 4.79 Å². The number of fused-ring (bicyclic) bond motifs is 1. The Balaban J connectivity index is 1.37. The third kappa shape index (κ3) is 4.38. The van der Waals surface area contributed by atoms with E-state index >= 15 is 0 Å². The SMILES string of the molecule is Cc1ccc(NCC(=O)Nc2ncc(Cc3cccc4ccccc34)s2)cc1. The lowest BCUT2D eigenvalue weighted by atomic mass is 10.0. The molecule has 4 rings (SSSR count). The monoisotopic (exact) mass is 387 g/mol. The molecule has 4 nitrogen and oxygen atoms in total. The van der Waals surface area contributed by atoms with E-state index in [9.17, 15) is 4.79 Å². The molecule has 1 aromatic heterocycles. The summed E-state index contributed by atoms with van der Waals surface area (Å²) >= 11 is 1.52. The minimum absolute atomic E-state index is 0.105. The number of benzene rings is 3. The zero-order chi connectivity index (χ0) is 19.3. The van der Waals surface area contributed by atoms with Crippen LogP contribution in [-0.2, 0) is 11.2 Å². The number of hydrogen-bond acceptors (Lipinski definition) is 4. The summed E-state index contributed by atoms with van der Waals surface area (Å²) in [5, 5.41) is 9.12. The average molecular weight is 388 g/mol. The minimum Gasteiger partial charge on any atom is -0.376 e. The van der Waals surface area contributed by atoms with Crippen LogP contribution in [0, 0.1) is 6.92 Å². The molecule has 2 N–H and O–H groups in total. The Hall–Kier alpha value is -3.18. The topological polar surface area (TPSA) is 54.0 Å². The second-order valence-corrected chi connectivity index (χ2v) is 7.83. The van der Waals surface area contributed by atoms with Crippen molar-refractivity contribution in [3.8, 4) is 0 Å². The van der Waals surface area contributed by atoms with Crippen LogP contribution in [0.4, 0.5) is 10.8 Å². The molecule has 0 atom stereocenters. The van der Waals surface area contributed by atoms with Gasteiger partial charge in [-0.05, 0) is 35.4 Å². The fraction of sp³-hybridized carbons (Fsp3) is 0.130. The Morgan fingerprint density at radius 3 is 2.64 bits per heavy atom. The van der Waals surface area contributed by atoms with Gasteiger partial charge in [-0.15, -0.1) is 11.3 Å². The molecular weight excluding hydrogens is 366 g/mol. The van der Waals surface area contributed by atoms with Crippen molar-refractivity contribution in [2.75, 3.05) is 17.2 Å². The van der Waals surface area contributed by atoms with E-state index in [1.54, 1.807) is 0 Å². The molecule has 3 aromatic carbocycles. The van der Waals surface area contributed by atoms with Gasteiger partial charge >= 0.3 is 0 Å². The molecule has 140 valence electrons. The molecule has 0 spiro atoms. The van der Waals surface area contributed by atoms with Gasteiger partial charge in [-0.1, -0.05) is 60.2 Å². The van der Waals surface area contributed by atoms with E-state index in [-0.39, 0.29) is 12.5 Å². The summed E-state index contributed by atoms with van der Waals surface area (Å²) < 4.78 is 0. The van der Waals surface area contributed by atoms with Crippen molar-refractivity contribution in [3.63, 3.8) is 0 Å². The Morgan fingerprint density at radius 1 is 1.00 bits per heavy atom. The summed E-state index contributed by atoms with van der Waals surface area (Å²) in [4.78, 5) is 17.7. The third-order valence-electron chi connectivity index (χ3n) is 4.55. The second-order valence-electron chi connectivity index (χ2n) is 6.71. The highest BCUT2D eigenvalue weighted by Gasteiger charge is 2.09. The second kappa shape index (κ2) is 8.23. The van der Waals surface area contributed by atoms with Gasteiger partial charge in [0.25, 0.3) is 0 Å². The zero-order valence-corrected chi connectivity index (χ0v) is 16.4. The number of aryl methyl sites for hydroxylation is 1. The number of nitrogens with zero attached hydrogens (tertiary/aromatic N) is 1. The van der Waals surface area contributed by atoms with Crippen LogP contribution >= 0.6 is 11.3 Å². The van der Waals surface area contributed by atoms with Crippen LogP contribution in [0.15, 0.2) is 72.9 Å². The number of thiazole rings is 1. The highest BCUT2D eigenvalue weighted by atomic mass is 32.1. The van der Waals surface area contributed by atoms with E-state index in [0.717, 1.165) is 17.0 Å². The molecule has 0 aliphatic heterocycles.